The van der Waals surface area contributed by atoms with E-state index in [1.165, 1.54) is 26.2 Å². The summed E-state index contributed by atoms with van der Waals surface area (Å²) in [6.07, 6.45) is 8.74. The minimum Gasteiger partial charge on any atom is -0.477 e. The highest BCUT2D eigenvalue weighted by Crippen LogP contribution is 2.29. The number of hydrogen-bond acceptors (Lipinski definition) is 5. The van der Waals surface area contributed by atoms with Crippen LogP contribution in [0.3, 0.4) is 0 Å². The van der Waals surface area contributed by atoms with Gasteiger partial charge in [-0.05, 0) is 6.92 Å². The maximum Gasteiger partial charge on any atom is 0.364 e. The molecule has 110 valence electrons. The summed E-state index contributed by atoms with van der Waals surface area (Å²) in [7, 11) is 1.30. The van der Waals surface area contributed by atoms with Crippen molar-refractivity contribution in [1.82, 2.24) is 0 Å². The molecular formula is C14H18O6. The zero-order valence-corrected chi connectivity index (χ0v) is 11.6. The number of esters is 1. The molecule has 1 saturated heterocycles. The topological polar surface area (TPSA) is 82.1 Å². The second-order valence-corrected chi connectivity index (χ2v) is 4.31. The molecule has 0 radical (unpaired) electrons. The number of hydrogen-bond donors (Lipinski definition) is 1. The van der Waals surface area contributed by atoms with Crippen LogP contribution in [0.15, 0.2) is 36.5 Å². The first-order valence-electron chi connectivity index (χ1n) is 6.07. The van der Waals surface area contributed by atoms with Crippen molar-refractivity contribution in [2.45, 2.75) is 31.8 Å². The fraction of sp³-hybridized carbons (Fsp3) is 0.429. The first-order valence-corrected chi connectivity index (χ1v) is 6.07. The van der Waals surface area contributed by atoms with Crippen LogP contribution in [0.5, 0.6) is 0 Å². The zero-order chi connectivity index (χ0) is 15.2. The van der Waals surface area contributed by atoms with Gasteiger partial charge < -0.3 is 19.3 Å². The summed E-state index contributed by atoms with van der Waals surface area (Å²) in [6, 6.07) is 0. The molecule has 3 atom stereocenters. The molecule has 0 amide bonds. The highest BCUT2D eigenvalue weighted by atomic mass is 16.8. The molecular weight excluding hydrogens is 264 g/mol. The van der Waals surface area contributed by atoms with Gasteiger partial charge in [0.15, 0.2) is 0 Å². The van der Waals surface area contributed by atoms with Gasteiger partial charge in [0.25, 0.3) is 5.79 Å². The van der Waals surface area contributed by atoms with Crippen LogP contribution in [0.1, 0.15) is 13.8 Å². The van der Waals surface area contributed by atoms with E-state index in [1.54, 1.807) is 31.2 Å². The zero-order valence-electron chi connectivity index (χ0n) is 11.6. The van der Waals surface area contributed by atoms with Gasteiger partial charge in [-0.25, -0.2) is 9.59 Å². The van der Waals surface area contributed by atoms with Crippen molar-refractivity contribution in [3.8, 4) is 0 Å². The Hall–Kier alpha value is -1.92. The molecule has 1 fully saturated rings. The maximum absolute atomic E-state index is 11.0. The van der Waals surface area contributed by atoms with E-state index in [9.17, 15) is 9.59 Å². The van der Waals surface area contributed by atoms with Crippen LogP contribution in [0.2, 0.25) is 0 Å². The fourth-order valence-corrected chi connectivity index (χ4v) is 1.61. The van der Waals surface area contributed by atoms with Crippen LogP contribution in [0.4, 0.5) is 0 Å². The van der Waals surface area contributed by atoms with Crippen LogP contribution < -0.4 is 0 Å². The van der Waals surface area contributed by atoms with Crippen LogP contribution in [0, 0.1) is 0 Å². The SMILES string of the molecule is COC(=O)C=CC=CC=CC1OC(C)(C(=O)O)OC1C. The first kappa shape index (κ1) is 16.1. The molecule has 0 aromatic carbocycles. The summed E-state index contributed by atoms with van der Waals surface area (Å²) in [5.41, 5.74) is 0. The molecule has 0 bridgehead atoms. The number of rotatable bonds is 5. The summed E-state index contributed by atoms with van der Waals surface area (Å²) in [6.45, 7) is 3.11. The van der Waals surface area contributed by atoms with Gasteiger partial charge in [0, 0.05) is 13.0 Å². The monoisotopic (exact) mass is 282 g/mol. The van der Waals surface area contributed by atoms with Crippen LogP contribution in [-0.2, 0) is 23.8 Å². The molecule has 1 rings (SSSR count). The molecule has 0 spiro atoms. The molecule has 0 aromatic heterocycles. The van der Waals surface area contributed by atoms with E-state index in [4.69, 9.17) is 14.6 Å². The van der Waals surface area contributed by atoms with E-state index in [2.05, 4.69) is 4.74 Å². The van der Waals surface area contributed by atoms with Gasteiger partial charge in [-0.2, -0.15) is 0 Å². The lowest BCUT2D eigenvalue weighted by Gasteiger charge is -2.16. The molecule has 0 saturated carbocycles. The summed E-state index contributed by atoms with van der Waals surface area (Å²) in [5, 5.41) is 8.98. The molecule has 3 unspecified atom stereocenters. The summed E-state index contributed by atoms with van der Waals surface area (Å²) in [5.74, 6) is -3.20. The number of ether oxygens (including phenoxy) is 3. The molecule has 20 heavy (non-hydrogen) atoms. The average Bonchev–Trinajstić information content (AvgIpc) is 2.69. The van der Waals surface area contributed by atoms with Gasteiger partial charge in [0.1, 0.15) is 6.10 Å². The van der Waals surface area contributed by atoms with E-state index < -0.39 is 23.8 Å². The predicted molar refractivity (Wildman–Crippen MR) is 70.9 cm³/mol. The molecule has 6 heteroatoms. The number of aliphatic carboxylic acids is 1. The van der Waals surface area contributed by atoms with Crippen LogP contribution in [-0.4, -0.2) is 42.1 Å². The Kier molecular flexibility index (Phi) is 5.66. The first-order chi connectivity index (χ1) is 9.39. The quantitative estimate of drug-likeness (QED) is 0.466. The summed E-state index contributed by atoms with van der Waals surface area (Å²) < 4.78 is 15.1. The Morgan fingerprint density at radius 2 is 1.85 bits per heavy atom. The molecule has 1 aliphatic rings. The second-order valence-electron chi connectivity index (χ2n) is 4.31. The van der Waals surface area contributed by atoms with Crippen molar-refractivity contribution in [3.63, 3.8) is 0 Å². The standard InChI is InChI=1S/C14H18O6/c1-10-11(20-14(2,19-10)13(16)17)8-6-4-5-7-9-12(15)18-3/h4-11H,1-3H3,(H,16,17). The van der Waals surface area contributed by atoms with Gasteiger partial charge in [-0.1, -0.05) is 30.4 Å². The van der Waals surface area contributed by atoms with Crippen LogP contribution in [0.25, 0.3) is 0 Å². The number of allylic oxidation sites excluding steroid dienone is 4. The van der Waals surface area contributed by atoms with E-state index in [1.807, 2.05) is 0 Å². The van der Waals surface area contributed by atoms with Gasteiger partial charge in [-0.15, -0.1) is 0 Å². The Morgan fingerprint density at radius 1 is 1.20 bits per heavy atom. The molecule has 1 N–H and O–H groups in total. The minimum atomic E-state index is -1.61. The second kappa shape index (κ2) is 7.02. The van der Waals surface area contributed by atoms with Gasteiger partial charge >= 0.3 is 11.9 Å². The lowest BCUT2D eigenvalue weighted by Crippen LogP contribution is -2.36. The maximum atomic E-state index is 11.0. The lowest BCUT2D eigenvalue weighted by atomic mass is 10.2. The third-order valence-corrected chi connectivity index (χ3v) is 2.69. The highest BCUT2D eigenvalue weighted by Gasteiger charge is 2.47. The predicted octanol–water partition coefficient (Wildman–Crippen LogP) is 1.43. The number of methoxy groups -OCH3 is 1. The molecule has 0 aliphatic carbocycles. The Labute approximate surface area is 117 Å². The summed E-state index contributed by atoms with van der Waals surface area (Å²) in [4.78, 5) is 21.8. The number of carboxylic acid groups (broad SMARTS) is 1. The van der Waals surface area contributed by atoms with E-state index in [-0.39, 0.29) is 6.10 Å². The molecule has 1 heterocycles. The van der Waals surface area contributed by atoms with Crippen molar-refractivity contribution < 1.29 is 28.9 Å². The van der Waals surface area contributed by atoms with Crippen molar-refractivity contribution in [2.24, 2.45) is 0 Å². The largest absolute Gasteiger partial charge is 0.477 e. The van der Waals surface area contributed by atoms with Crippen molar-refractivity contribution in [1.29, 1.82) is 0 Å². The van der Waals surface area contributed by atoms with Gasteiger partial charge in [0.2, 0.25) is 0 Å². The number of carbonyl (C=O) groups excluding carboxylic acids is 1. The number of carbonyl (C=O) groups is 2. The van der Waals surface area contributed by atoms with E-state index >= 15 is 0 Å². The third kappa shape index (κ3) is 4.32. The summed E-state index contributed by atoms with van der Waals surface area (Å²) >= 11 is 0. The number of carboxylic acids is 1. The Bertz CT molecular complexity index is 451. The van der Waals surface area contributed by atoms with E-state index in [0.717, 1.165) is 0 Å². The minimum absolute atomic E-state index is 0.355. The average molecular weight is 282 g/mol. The van der Waals surface area contributed by atoms with Crippen molar-refractivity contribution in [2.75, 3.05) is 7.11 Å². The smallest absolute Gasteiger partial charge is 0.364 e. The highest BCUT2D eigenvalue weighted by molar-refractivity contribution is 5.82. The van der Waals surface area contributed by atoms with E-state index in [0.29, 0.717) is 0 Å². The van der Waals surface area contributed by atoms with Gasteiger partial charge in [0.05, 0.1) is 13.2 Å². The lowest BCUT2D eigenvalue weighted by molar-refractivity contribution is -0.200. The fourth-order valence-electron chi connectivity index (χ4n) is 1.61. The molecule has 6 nitrogen and oxygen atoms in total. The van der Waals surface area contributed by atoms with Crippen molar-refractivity contribution in [3.05, 3.63) is 36.5 Å². The normalized spacial score (nSPS) is 30.6. The van der Waals surface area contributed by atoms with Crippen LogP contribution >= 0.6 is 0 Å². The molecule has 1 aliphatic heterocycles. The van der Waals surface area contributed by atoms with Crippen molar-refractivity contribution >= 4 is 11.9 Å². The Morgan fingerprint density at radius 3 is 2.40 bits per heavy atom. The van der Waals surface area contributed by atoms with Gasteiger partial charge in [-0.3, -0.25) is 0 Å². The third-order valence-electron chi connectivity index (χ3n) is 2.69. The molecule has 0 aromatic rings. The Balaban J connectivity index is 2.51.